The van der Waals surface area contributed by atoms with Crippen LogP contribution < -0.4 is 15.9 Å². The molecular formula is C27H32P+. The van der Waals surface area contributed by atoms with E-state index < -0.39 is 7.26 Å². The van der Waals surface area contributed by atoms with Crippen molar-refractivity contribution in [1.82, 2.24) is 0 Å². The van der Waals surface area contributed by atoms with E-state index >= 15 is 0 Å². The van der Waals surface area contributed by atoms with Crippen LogP contribution in [0.4, 0.5) is 0 Å². The van der Waals surface area contributed by atoms with E-state index in [1.165, 1.54) is 47.8 Å². The number of hydrogen-bond donors (Lipinski definition) is 0. The zero-order chi connectivity index (χ0) is 19.5. The molecule has 0 fully saturated rings. The molecule has 0 aromatic heterocycles. The van der Waals surface area contributed by atoms with Gasteiger partial charge in [0.05, 0.1) is 6.16 Å². The summed E-state index contributed by atoms with van der Waals surface area (Å²) < 4.78 is 0. The van der Waals surface area contributed by atoms with Gasteiger partial charge in [0.15, 0.2) is 0 Å². The monoisotopic (exact) mass is 387 g/mol. The minimum absolute atomic E-state index is 1.12. The van der Waals surface area contributed by atoms with Crippen LogP contribution in [0.5, 0.6) is 0 Å². The lowest BCUT2D eigenvalue weighted by Gasteiger charge is -2.27. The fourth-order valence-electron chi connectivity index (χ4n) is 3.90. The maximum absolute atomic E-state index is 2.42. The van der Waals surface area contributed by atoms with Gasteiger partial charge in [0.2, 0.25) is 0 Å². The van der Waals surface area contributed by atoms with Gasteiger partial charge in [-0.2, -0.15) is 0 Å². The molecule has 0 atom stereocenters. The zero-order valence-corrected chi connectivity index (χ0v) is 17.9. The van der Waals surface area contributed by atoms with Crippen LogP contribution in [0.25, 0.3) is 0 Å². The predicted molar refractivity (Wildman–Crippen MR) is 128 cm³/mol. The van der Waals surface area contributed by atoms with E-state index in [1.54, 1.807) is 0 Å². The molecule has 0 nitrogen and oxygen atoms in total. The molecule has 28 heavy (non-hydrogen) atoms. The summed E-state index contributed by atoms with van der Waals surface area (Å²) in [4.78, 5) is 0. The predicted octanol–water partition coefficient (Wildman–Crippen LogP) is 6.51. The first kappa shape index (κ1) is 20.6. The number of allylic oxidation sites excluding steroid dienone is 2. The summed E-state index contributed by atoms with van der Waals surface area (Å²) in [6.45, 7) is 2.27. The van der Waals surface area contributed by atoms with Gasteiger partial charge in [0.25, 0.3) is 0 Å². The van der Waals surface area contributed by atoms with Crippen LogP contribution in [0.2, 0.25) is 0 Å². The summed E-state index contributed by atoms with van der Waals surface area (Å²) >= 11 is 0. The Morgan fingerprint density at radius 2 is 1.00 bits per heavy atom. The lowest BCUT2D eigenvalue weighted by molar-refractivity contribution is 0.728. The Balaban J connectivity index is 1.97. The van der Waals surface area contributed by atoms with Gasteiger partial charge in [0.1, 0.15) is 23.2 Å². The van der Waals surface area contributed by atoms with Crippen LogP contribution >= 0.6 is 7.26 Å². The topological polar surface area (TPSA) is 0 Å². The Kier molecular flexibility index (Phi) is 8.07. The van der Waals surface area contributed by atoms with E-state index in [9.17, 15) is 0 Å². The maximum atomic E-state index is 2.42. The van der Waals surface area contributed by atoms with Gasteiger partial charge in [-0.1, -0.05) is 86.5 Å². The highest BCUT2D eigenvalue weighted by Crippen LogP contribution is 2.55. The molecule has 1 heteroatoms. The first-order valence-corrected chi connectivity index (χ1v) is 12.6. The number of unbranched alkanes of at least 4 members (excludes halogenated alkanes) is 3. The summed E-state index contributed by atoms with van der Waals surface area (Å²) in [6, 6.07) is 33.5. The number of hydrogen-bond acceptors (Lipinski definition) is 0. The molecule has 144 valence electrons. The molecule has 3 aromatic carbocycles. The van der Waals surface area contributed by atoms with Gasteiger partial charge in [-0.15, -0.1) is 0 Å². The Bertz CT molecular complexity index is 725. The molecule has 0 radical (unpaired) electrons. The van der Waals surface area contributed by atoms with Gasteiger partial charge in [-0.05, 0) is 49.2 Å². The highest BCUT2D eigenvalue weighted by atomic mass is 31.2. The van der Waals surface area contributed by atoms with E-state index in [0.29, 0.717) is 0 Å². The van der Waals surface area contributed by atoms with Crippen LogP contribution in [-0.2, 0) is 0 Å². The average molecular weight is 388 g/mol. The van der Waals surface area contributed by atoms with Crippen molar-refractivity contribution in [3.63, 3.8) is 0 Å². The largest absolute Gasteiger partial charge is 0.112 e. The van der Waals surface area contributed by atoms with Gasteiger partial charge >= 0.3 is 0 Å². The highest BCUT2D eigenvalue weighted by Gasteiger charge is 2.44. The standard InChI is InChI=1S/C27H32P/c1-2-3-4-5-6-7-17-24-28(25-18-11-8-12-19-25,26-20-13-9-14-21-26)27-22-15-10-16-23-27/h6-16,18-23H,2-5,17,24H2,1H3/q+1. The summed E-state index contributed by atoms with van der Waals surface area (Å²) in [5.74, 6) is 0. The van der Waals surface area contributed by atoms with Crippen LogP contribution in [0, 0.1) is 0 Å². The second-order valence-electron chi connectivity index (χ2n) is 7.30. The molecule has 0 bridgehead atoms. The second kappa shape index (κ2) is 11.0. The van der Waals surface area contributed by atoms with Crippen molar-refractivity contribution in [2.24, 2.45) is 0 Å². The molecule has 3 rings (SSSR count). The van der Waals surface area contributed by atoms with E-state index in [4.69, 9.17) is 0 Å². The summed E-state index contributed by atoms with van der Waals surface area (Å²) in [5.41, 5.74) is 0. The van der Waals surface area contributed by atoms with Gasteiger partial charge in [-0.25, -0.2) is 0 Å². The third kappa shape index (κ3) is 5.00. The SMILES string of the molecule is CCCCCC=CCC[P+](c1ccccc1)(c1ccccc1)c1ccccc1. The van der Waals surface area contributed by atoms with E-state index in [0.717, 1.165) is 6.42 Å². The van der Waals surface area contributed by atoms with Crippen molar-refractivity contribution >= 4 is 23.2 Å². The van der Waals surface area contributed by atoms with Gasteiger partial charge in [0, 0.05) is 6.42 Å². The molecular weight excluding hydrogens is 355 g/mol. The molecule has 0 heterocycles. The Labute approximate surface area is 171 Å². The Morgan fingerprint density at radius 1 is 0.571 bits per heavy atom. The van der Waals surface area contributed by atoms with Crippen molar-refractivity contribution in [3.8, 4) is 0 Å². The molecule has 3 aromatic rings. The highest BCUT2D eigenvalue weighted by molar-refractivity contribution is 7.95. The lowest BCUT2D eigenvalue weighted by atomic mass is 10.2. The molecule has 0 N–H and O–H groups in total. The average Bonchev–Trinajstić information content (AvgIpc) is 2.78. The molecule has 0 aliphatic rings. The fraction of sp³-hybridized carbons (Fsp3) is 0.259. The lowest BCUT2D eigenvalue weighted by Crippen LogP contribution is -2.33. The van der Waals surface area contributed by atoms with Gasteiger partial charge < -0.3 is 0 Å². The first-order valence-electron chi connectivity index (χ1n) is 10.6. The molecule has 0 aliphatic heterocycles. The van der Waals surface area contributed by atoms with Crippen LogP contribution in [0.1, 0.15) is 39.0 Å². The first-order chi connectivity index (χ1) is 13.9. The van der Waals surface area contributed by atoms with Crippen molar-refractivity contribution in [1.29, 1.82) is 0 Å². The third-order valence-corrected chi connectivity index (χ3v) is 9.83. The minimum atomic E-state index is -1.67. The molecule has 0 aliphatic carbocycles. The zero-order valence-electron chi connectivity index (χ0n) is 17.0. The van der Waals surface area contributed by atoms with Crippen molar-refractivity contribution < 1.29 is 0 Å². The Morgan fingerprint density at radius 3 is 1.43 bits per heavy atom. The minimum Gasteiger partial charge on any atom is -0.0884 e. The van der Waals surface area contributed by atoms with Gasteiger partial charge in [-0.3, -0.25) is 0 Å². The molecule has 0 spiro atoms. The van der Waals surface area contributed by atoms with Crippen LogP contribution in [-0.4, -0.2) is 6.16 Å². The van der Waals surface area contributed by atoms with E-state index in [1.807, 2.05) is 0 Å². The molecule has 0 unspecified atom stereocenters. The van der Waals surface area contributed by atoms with Crippen LogP contribution in [0.3, 0.4) is 0 Å². The van der Waals surface area contributed by atoms with Crippen LogP contribution in [0.15, 0.2) is 103 Å². The second-order valence-corrected chi connectivity index (χ2v) is 10.9. The number of rotatable bonds is 10. The quantitative estimate of drug-likeness (QED) is 0.211. The normalized spacial score (nSPS) is 11.8. The third-order valence-electron chi connectivity index (χ3n) is 5.36. The molecule has 0 amide bonds. The molecule has 0 saturated carbocycles. The summed E-state index contributed by atoms with van der Waals surface area (Å²) in [5, 5.41) is 4.44. The number of benzene rings is 3. The van der Waals surface area contributed by atoms with E-state index in [2.05, 4.69) is 110 Å². The summed E-state index contributed by atoms with van der Waals surface area (Å²) in [7, 11) is -1.67. The van der Waals surface area contributed by atoms with Crippen molar-refractivity contribution in [2.45, 2.75) is 39.0 Å². The Hall–Kier alpha value is -2.17. The fourth-order valence-corrected chi connectivity index (χ4v) is 8.15. The van der Waals surface area contributed by atoms with Crippen molar-refractivity contribution in [2.75, 3.05) is 6.16 Å². The van der Waals surface area contributed by atoms with Crippen molar-refractivity contribution in [3.05, 3.63) is 103 Å². The maximum Gasteiger partial charge on any atom is 0.112 e. The smallest absolute Gasteiger partial charge is 0.0884 e. The van der Waals surface area contributed by atoms with E-state index in [-0.39, 0.29) is 0 Å². The molecule has 0 saturated heterocycles. The summed E-state index contributed by atoms with van der Waals surface area (Å²) in [6.07, 6.45) is 12.3.